The van der Waals surface area contributed by atoms with Crippen LogP contribution in [0, 0.1) is 0 Å². The average molecular weight is 480 g/mol. The molecule has 0 bridgehead atoms. The summed E-state index contributed by atoms with van der Waals surface area (Å²) in [5.74, 6) is -1.06. The van der Waals surface area contributed by atoms with Crippen LogP contribution in [0.15, 0.2) is 53.4 Å². The highest BCUT2D eigenvalue weighted by molar-refractivity contribution is 8.26. The molecule has 0 aliphatic carbocycles. The third-order valence-corrected chi connectivity index (χ3v) is 6.23. The van der Waals surface area contributed by atoms with Crippen molar-refractivity contribution in [2.75, 3.05) is 6.54 Å². The van der Waals surface area contributed by atoms with Gasteiger partial charge < -0.3 is 5.11 Å². The highest BCUT2D eigenvalue weighted by Gasteiger charge is 2.32. The van der Waals surface area contributed by atoms with Gasteiger partial charge in [-0.05, 0) is 53.8 Å². The van der Waals surface area contributed by atoms with E-state index in [2.05, 4.69) is 0 Å². The molecule has 2 aromatic rings. The Labute approximate surface area is 193 Å². The molecule has 32 heavy (non-hydrogen) atoms. The Balaban J connectivity index is 1.72. The van der Waals surface area contributed by atoms with E-state index in [1.54, 1.807) is 36.4 Å². The Morgan fingerprint density at radius 1 is 1.06 bits per heavy atom. The van der Waals surface area contributed by atoms with Crippen LogP contribution >= 0.6 is 24.0 Å². The number of unbranched alkanes of at least 4 members (excludes halogenated alkanes) is 2. The molecular formula is C23H20F3NO3S2. The summed E-state index contributed by atoms with van der Waals surface area (Å²) in [5.41, 5.74) is 1.01. The Morgan fingerprint density at radius 2 is 1.75 bits per heavy atom. The van der Waals surface area contributed by atoms with Crippen molar-refractivity contribution in [1.82, 2.24) is 4.90 Å². The van der Waals surface area contributed by atoms with Crippen molar-refractivity contribution in [2.45, 2.75) is 31.9 Å². The second-order valence-corrected chi connectivity index (χ2v) is 8.92. The number of carbonyl (C=O) groups excluding carboxylic acids is 1. The van der Waals surface area contributed by atoms with Gasteiger partial charge in [-0.3, -0.25) is 14.5 Å². The summed E-state index contributed by atoms with van der Waals surface area (Å²) < 4.78 is 39.5. The number of thioether (sulfide) groups is 1. The lowest BCUT2D eigenvalue weighted by Crippen LogP contribution is -2.29. The van der Waals surface area contributed by atoms with E-state index in [9.17, 15) is 22.8 Å². The van der Waals surface area contributed by atoms with E-state index < -0.39 is 17.7 Å². The van der Waals surface area contributed by atoms with E-state index in [0.717, 1.165) is 12.1 Å². The standard InChI is InChI=1S/C23H20F3NO3S2/c24-23(25,26)18-9-5-8-17(14-18)16-7-4-6-15(12-16)13-19-21(30)27(22(31)32-19)11-3-1-2-10-20(28)29/h4-9,12-14H,1-3,10-11H2,(H,28,29)/b19-13-. The van der Waals surface area contributed by atoms with Gasteiger partial charge in [0.15, 0.2) is 0 Å². The summed E-state index contributed by atoms with van der Waals surface area (Å²) in [6, 6.07) is 12.1. The molecule has 1 aliphatic heterocycles. The number of thiocarbonyl (C=S) groups is 1. The summed E-state index contributed by atoms with van der Waals surface area (Å²) >= 11 is 6.49. The van der Waals surface area contributed by atoms with Gasteiger partial charge in [-0.15, -0.1) is 0 Å². The lowest BCUT2D eigenvalue weighted by atomic mass is 10.0. The summed E-state index contributed by atoms with van der Waals surface area (Å²) in [4.78, 5) is 25.2. The van der Waals surface area contributed by atoms with Crippen molar-refractivity contribution in [3.05, 3.63) is 64.6 Å². The molecule has 1 fully saturated rings. The topological polar surface area (TPSA) is 57.6 Å². The van der Waals surface area contributed by atoms with Gasteiger partial charge in [-0.25, -0.2) is 0 Å². The maximum Gasteiger partial charge on any atom is 0.416 e. The van der Waals surface area contributed by atoms with Gasteiger partial charge >= 0.3 is 12.1 Å². The van der Waals surface area contributed by atoms with E-state index in [0.29, 0.717) is 51.7 Å². The zero-order chi connectivity index (χ0) is 23.3. The molecule has 0 radical (unpaired) electrons. The van der Waals surface area contributed by atoms with Crippen molar-refractivity contribution < 1.29 is 27.9 Å². The zero-order valence-electron chi connectivity index (χ0n) is 16.9. The molecule has 1 saturated heterocycles. The number of carboxylic acids is 1. The lowest BCUT2D eigenvalue weighted by molar-refractivity contribution is -0.138. The highest BCUT2D eigenvalue weighted by Crippen LogP contribution is 2.35. The number of alkyl halides is 3. The fourth-order valence-electron chi connectivity index (χ4n) is 3.25. The molecule has 0 aromatic heterocycles. The van der Waals surface area contributed by atoms with E-state index in [1.165, 1.54) is 22.7 Å². The minimum Gasteiger partial charge on any atom is -0.481 e. The number of benzene rings is 2. The minimum absolute atomic E-state index is 0.0977. The Hall–Kier alpha value is -2.65. The third kappa shape index (κ3) is 6.20. The number of carboxylic acid groups (broad SMARTS) is 1. The quantitative estimate of drug-likeness (QED) is 0.277. The average Bonchev–Trinajstić information content (AvgIpc) is 3.00. The van der Waals surface area contributed by atoms with E-state index in [1.807, 2.05) is 0 Å². The number of carbonyl (C=O) groups is 2. The molecule has 0 atom stereocenters. The van der Waals surface area contributed by atoms with Crippen molar-refractivity contribution in [1.29, 1.82) is 0 Å². The van der Waals surface area contributed by atoms with Gasteiger partial charge in [0, 0.05) is 13.0 Å². The van der Waals surface area contributed by atoms with Crippen LogP contribution < -0.4 is 0 Å². The number of aliphatic carboxylic acids is 1. The van der Waals surface area contributed by atoms with Crippen LogP contribution in [0.1, 0.15) is 36.8 Å². The summed E-state index contributed by atoms with van der Waals surface area (Å²) in [6.45, 7) is 0.423. The lowest BCUT2D eigenvalue weighted by Gasteiger charge is -2.13. The van der Waals surface area contributed by atoms with Gasteiger partial charge in [-0.2, -0.15) is 13.2 Å². The largest absolute Gasteiger partial charge is 0.481 e. The molecule has 1 amide bonds. The van der Waals surface area contributed by atoms with Gasteiger partial charge in [0.1, 0.15) is 4.32 Å². The molecule has 1 heterocycles. The number of hydrogen-bond acceptors (Lipinski definition) is 4. The zero-order valence-corrected chi connectivity index (χ0v) is 18.5. The first kappa shape index (κ1) is 24.0. The van der Waals surface area contributed by atoms with Crippen LogP contribution in [0.25, 0.3) is 17.2 Å². The smallest absolute Gasteiger partial charge is 0.416 e. The number of hydrogen-bond donors (Lipinski definition) is 1. The number of rotatable bonds is 8. The fraction of sp³-hybridized carbons (Fsp3) is 0.261. The number of amides is 1. The first-order chi connectivity index (χ1) is 15.1. The number of halogens is 3. The van der Waals surface area contributed by atoms with E-state index in [4.69, 9.17) is 17.3 Å². The predicted molar refractivity (Wildman–Crippen MR) is 123 cm³/mol. The first-order valence-corrected chi connectivity index (χ1v) is 11.1. The van der Waals surface area contributed by atoms with Crippen LogP contribution in [0.3, 0.4) is 0 Å². The maximum absolute atomic E-state index is 13.0. The third-order valence-electron chi connectivity index (χ3n) is 4.85. The molecule has 1 N–H and O–H groups in total. The highest BCUT2D eigenvalue weighted by atomic mass is 32.2. The van der Waals surface area contributed by atoms with Gasteiger partial charge in [0.2, 0.25) is 0 Å². The molecule has 0 saturated carbocycles. The molecule has 3 rings (SSSR count). The van der Waals surface area contributed by atoms with Crippen LogP contribution in [-0.2, 0) is 15.8 Å². The van der Waals surface area contributed by atoms with Crippen LogP contribution in [0.4, 0.5) is 13.2 Å². The first-order valence-electron chi connectivity index (χ1n) is 9.90. The molecule has 0 spiro atoms. The van der Waals surface area contributed by atoms with Crippen molar-refractivity contribution >= 4 is 46.3 Å². The normalized spacial score (nSPS) is 15.6. The molecule has 168 valence electrons. The van der Waals surface area contributed by atoms with Crippen LogP contribution in [0.5, 0.6) is 0 Å². The molecule has 1 aliphatic rings. The Bertz CT molecular complexity index is 1070. The van der Waals surface area contributed by atoms with Crippen molar-refractivity contribution in [3.63, 3.8) is 0 Å². The van der Waals surface area contributed by atoms with E-state index in [-0.39, 0.29) is 12.3 Å². The predicted octanol–water partition coefficient (Wildman–Crippen LogP) is 6.22. The van der Waals surface area contributed by atoms with E-state index >= 15 is 0 Å². The van der Waals surface area contributed by atoms with Crippen molar-refractivity contribution in [3.8, 4) is 11.1 Å². The fourth-order valence-corrected chi connectivity index (χ4v) is 4.56. The minimum atomic E-state index is -4.42. The molecule has 0 unspecified atom stereocenters. The second kappa shape index (κ2) is 10.3. The summed E-state index contributed by atoms with van der Waals surface area (Å²) in [7, 11) is 0. The van der Waals surface area contributed by atoms with Gasteiger partial charge in [0.05, 0.1) is 10.5 Å². The second-order valence-electron chi connectivity index (χ2n) is 7.24. The summed E-state index contributed by atoms with van der Waals surface area (Å²) in [6.07, 6.45) is -0.765. The Kier molecular flexibility index (Phi) is 7.73. The van der Waals surface area contributed by atoms with Gasteiger partial charge in [-0.1, -0.05) is 60.7 Å². The molecular weight excluding hydrogens is 459 g/mol. The molecule has 4 nitrogen and oxygen atoms in total. The Morgan fingerprint density at radius 3 is 2.44 bits per heavy atom. The van der Waals surface area contributed by atoms with Crippen molar-refractivity contribution in [2.24, 2.45) is 0 Å². The maximum atomic E-state index is 13.0. The molecule has 9 heteroatoms. The van der Waals surface area contributed by atoms with Gasteiger partial charge in [0.25, 0.3) is 5.91 Å². The van der Waals surface area contributed by atoms with Crippen LogP contribution in [-0.4, -0.2) is 32.7 Å². The van der Waals surface area contributed by atoms with Crippen LogP contribution in [0.2, 0.25) is 0 Å². The molecule has 2 aromatic carbocycles. The summed E-state index contributed by atoms with van der Waals surface area (Å²) in [5, 5.41) is 8.68. The monoisotopic (exact) mass is 479 g/mol. The number of nitrogens with zero attached hydrogens (tertiary/aromatic N) is 1. The SMILES string of the molecule is O=C(O)CCCCCN1C(=O)/C(=C/c2cccc(-c3cccc(C(F)(F)F)c3)c2)SC1=S.